The molecule has 0 saturated heterocycles. The van der Waals surface area contributed by atoms with E-state index in [1.165, 1.54) is 6.21 Å². The summed E-state index contributed by atoms with van der Waals surface area (Å²) in [5, 5.41) is 6.86. The molecule has 2 amide bonds. The molecule has 0 aliphatic rings. The fourth-order valence-corrected chi connectivity index (χ4v) is 2.01. The topological polar surface area (TPSA) is 83.7 Å². The third-order valence-electron chi connectivity index (χ3n) is 2.79. The van der Waals surface area contributed by atoms with E-state index in [1.807, 2.05) is 12.1 Å². The highest BCUT2D eigenvalue weighted by Gasteiger charge is 2.19. The summed E-state index contributed by atoms with van der Waals surface area (Å²) >= 11 is 5.94. The van der Waals surface area contributed by atoms with Gasteiger partial charge < -0.3 is 9.73 Å². The standard InChI is InChI=1S/C17H18ClN3O3/c1-17(2,3)20-15(22)16(23)21-19-10-13-7-8-14(24-13)11-5-4-6-12(18)9-11/h4-10H,1-3H3,(H,20,22)(H,21,23)/b19-10+. The normalized spacial score (nSPS) is 11.5. The number of hydrogen-bond donors (Lipinski definition) is 2. The molecule has 1 aromatic heterocycles. The van der Waals surface area contributed by atoms with E-state index in [1.54, 1.807) is 45.0 Å². The van der Waals surface area contributed by atoms with E-state index < -0.39 is 17.4 Å². The van der Waals surface area contributed by atoms with Crippen molar-refractivity contribution in [1.82, 2.24) is 10.7 Å². The third kappa shape index (κ3) is 5.24. The van der Waals surface area contributed by atoms with Crippen LogP contribution in [0.15, 0.2) is 45.9 Å². The molecule has 7 heteroatoms. The van der Waals surface area contributed by atoms with Gasteiger partial charge in [-0.05, 0) is 45.0 Å². The molecular formula is C17H18ClN3O3. The van der Waals surface area contributed by atoms with Crippen molar-refractivity contribution in [2.75, 3.05) is 0 Å². The van der Waals surface area contributed by atoms with Crippen molar-refractivity contribution in [3.63, 3.8) is 0 Å². The second-order valence-electron chi connectivity index (χ2n) is 6.12. The summed E-state index contributed by atoms with van der Waals surface area (Å²) in [5.41, 5.74) is 2.48. The number of nitrogens with zero attached hydrogens (tertiary/aromatic N) is 1. The maximum atomic E-state index is 11.6. The molecule has 0 aliphatic heterocycles. The fourth-order valence-electron chi connectivity index (χ4n) is 1.82. The van der Waals surface area contributed by atoms with Gasteiger partial charge in [-0.1, -0.05) is 23.7 Å². The summed E-state index contributed by atoms with van der Waals surface area (Å²) in [6.45, 7) is 5.34. The molecule has 0 radical (unpaired) electrons. The van der Waals surface area contributed by atoms with Crippen LogP contribution in [0.2, 0.25) is 5.02 Å². The Labute approximate surface area is 144 Å². The van der Waals surface area contributed by atoms with Crippen molar-refractivity contribution < 1.29 is 14.0 Å². The van der Waals surface area contributed by atoms with Crippen LogP contribution in [0.3, 0.4) is 0 Å². The molecule has 2 N–H and O–H groups in total. The lowest BCUT2D eigenvalue weighted by Crippen LogP contribution is -2.47. The Balaban J connectivity index is 1.96. The summed E-state index contributed by atoms with van der Waals surface area (Å²) in [5.74, 6) is -0.543. The van der Waals surface area contributed by atoms with Crippen molar-refractivity contribution >= 4 is 29.6 Å². The van der Waals surface area contributed by atoms with Gasteiger partial charge in [0.15, 0.2) is 0 Å². The first-order chi connectivity index (χ1) is 11.2. The van der Waals surface area contributed by atoms with Crippen LogP contribution in [0.25, 0.3) is 11.3 Å². The van der Waals surface area contributed by atoms with Gasteiger partial charge in [-0.15, -0.1) is 0 Å². The number of halogens is 1. The van der Waals surface area contributed by atoms with Crippen molar-refractivity contribution in [2.45, 2.75) is 26.3 Å². The minimum Gasteiger partial charge on any atom is -0.455 e. The van der Waals surface area contributed by atoms with Crippen molar-refractivity contribution in [3.8, 4) is 11.3 Å². The first kappa shape index (κ1) is 17.7. The Bertz CT molecular complexity index is 775. The molecule has 1 heterocycles. The minimum atomic E-state index is -0.845. The Morgan fingerprint density at radius 2 is 1.92 bits per heavy atom. The second kappa shape index (κ2) is 7.31. The zero-order chi connectivity index (χ0) is 17.7. The van der Waals surface area contributed by atoms with Crippen LogP contribution < -0.4 is 10.7 Å². The average molecular weight is 348 g/mol. The largest absolute Gasteiger partial charge is 0.455 e. The van der Waals surface area contributed by atoms with E-state index in [4.69, 9.17) is 16.0 Å². The molecule has 1 aromatic carbocycles. The monoisotopic (exact) mass is 347 g/mol. The SMILES string of the molecule is CC(C)(C)NC(=O)C(=O)N/N=C/c1ccc(-c2cccc(Cl)c2)o1. The summed E-state index contributed by atoms with van der Waals surface area (Å²) in [6.07, 6.45) is 1.32. The molecule has 2 aromatic rings. The average Bonchev–Trinajstić information content (AvgIpc) is 2.94. The predicted molar refractivity (Wildman–Crippen MR) is 92.8 cm³/mol. The first-order valence-electron chi connectivity index (χ1n) is 7.26. The number of furan rings is 1. The molecule has 0 aliphatic carbocycles. The smallest absolute Gasteiger partial charge is 0.329 e. The summed E-state index contributed by atoms with van der Waals surface area (Å²) in [6, 6.07) is 10.7. The quantitative estimate of drug-likeness (QED) is 0.508. The number of hydrazone groups is 1. The van der Waals surface area contributed by atoms with Gasteiger partial charge in [0, 0.05) is 16.1 Å². The van der Waals surface area contributed by atoms with Crippen LogP contribution in [0.5, 0.6) is 0 Å². The Morgan fingerprint density at radius 1 is 1.17 bits per heavy atom. The highest BCUT2D eigenvalue weighted by atomic mass is 35.5. The van der Waals surface area contributed by atoms with E-state index in [2.05, 4.69) is 15.8 Å². The van der Waals surface area contributed by atoms with Crippen LogP contribution in [-0.2, 0) is 9.59 Å². The highest BCUT2D eigenvalue weighted by molar-refractivity contribution is 6.35. The van der Waals surface area contributed by atoms with Crippen LogP contribution in [0.4, 0.5) is 0 Å². The molecule has 0 bridgehead atoms. The predicted octanol–water partition coefficient (Wildman–Crippen LogP) is 2.96. The number of benzene rings is 1. The Hall–Kier alpha value is -2.60. The molecule has 24 heavy (non-hydrogen) atoms. The van der Waals surface area contributed by atoms with Gasteiger partial charge in [0.05, 0.1) is 6.21 Å². The Kier molecular flexibility index (Phi) is 5.41. The number of carbonyl (C=O) groups is 2. The Morgan fingerprint density at radius 3 is 2.58 bits per heavy atom. The molecule has 2 rings (SSSR count). The number of carbonyl (C=O) groups excluding carboxylic acids is 2. The molecular weight excluding hydrogens is 330 g/mol. The molecule has 126 valence electrons. The molecule has 6 nitrogen and oxygen atoms in total. The maximum Gasteiger partial charge on any atom is 0.329 e. The number of nitrogens with one attached hydrogen (secondary N) is 2. The van der Waals surface area contributed by atoms with Gasteiger partial charge in [-0.25, -0.2) is 5.43 Å². The van der Waals surface area contributed by atoms with E-state index in [9.17, 15) is 9.59 Å². The van der Waals surface area contributed by atoms with E-state index in [-0.39, 0.29) is 0 Å². The van der Waals surface area contributed by atoms with Crippen molar-refractivity contribution in [1.29, 1.82) is 0 Å². The van der Waals surface area contributed by atoms with Gasteiger partial charge in [-0.3, -0.25) is 9.59 Å². The number of hydrogen-bond acceptors (Lipinski definition) is 4. The van der Waals surface area contributed by atoms with Gasteiger partial charge >= 0.3 is 11.8 Å². The lowest BCUT2D eigenvalue weighted by Gasteiger charge is -2.19. The molecule has 0 saturated carbocycles. The first-order valence-corrected chi connectivity index (χ1v) is 7.64. The van der Waals surface area contributed by atoms with Crippen molar-refractivity contribution in [2.24, 2.45) is 5.10 Å². The van der Waals surface area contributed by atoms with Gasteiger partial charge in [0.2, 0.25) is 0 Å². The van der Waals surface area contributed by atoms with Gasteiger partial charge in [0.25, 0.3) is 0 Å². The minimum absolute atomic E-state index is 0.432. The zero-order valence-corrected chi connectivity index (χ0v) is 14.3. The molecule has 0 atom stereocenters. The van der Waals surface area contributed by atoms with Crippen LogP contribution >= 0.6 is 11.6 Å². The number of amides is 2. The summed E-state index contributed by atoms with van der Waals surface area (Å²) in [7, 11) is 0. The van der Waals surface area contributed by atoms with Crippen molar-refractivity contribution in [3.05, 3.63) is 47.2 Å². The fraction of sp³-hybridized carbons (Fsp3) is 0.235. The van der Waals surface area contributed by atoms with E-state index >= 15 is 0 Å². The van der Waals surface area contributed by atoms with E-state index in [0.717, 1.165) is 5.56 Å². The van der Waals surface area contributed by atoms with Crippen LogP contribution in [-0.4, -0.2) is 23.6 Å². The summed E-state index contributed by atoms with van der Waals surface area (Å²) < 4.78 is 5.59. The maximum absolute atomic E-state index is 11.6. The second-order valence-corrected chi connectivity index (χ2v) is 6.55. The van der Waals surface area contributed by atoms with E-state index in [0.29, 0.717) is 16.5 Å². The van der Waals surface area contributed by atoms with Crippen LogP contribution in [0, 0.1) is 0 Å². The van der Waals surface area contributed by atoms with Crippen LogP contribution in [0.1, 0.15) is 26.5 Å². The zero-order valence-electron chi connectivity index (χ0n) is 13.6. The molecule has 0 fully saturated rings. The third-order valence-corrected chi connectivity index (χ3v) is 3.02. The number of rotatable bonds is 3. The lowest BCUT2D eigenvalue weighted by molar-refractivity contribution is -0.140. The van der Waals surface area contributed by atoms with Gasteiger partial charge in [-0.2, -0.15) is 5.10 Å². The summed E-state index contributed by atoms with van der Waals surface area (Å²) in [4.78, 5) is 23.2. The lowest BCUT2D eigenvalue weighted by atomic mass is 10.1. The molecule has 0 spiro atoms. The molecule has 0 unspecified atom stereocenters. The highest BCUT2D eigenvalue weighted by Crippen LogP contribution is 2.24. The van der Waals surface area contributed by atoms with Gasteiger partial charge in [0.1, 0.15) is 11.5 Å².